The number of carbonyl (C=O) groups excluding carboxylic acids is 2. The first kappa shape index (κ1) is 17.0. The van der Waals surface area contributed by atoms with Crippen LogP contribution in [0, 0.1) is 11.7 Å². The molecule has 1 atom stereocenters. The summed E-state index contributed by atoms with van der Waals surface area (Å²) in [4.78, 5) is 23.9. The van der Waals surface area contributed by atoms with Crippen LogP contribution in [-0.2, 0) is 9.59 Å². The normalized spacial score (nSPS) is 14.5. The van der Waals surface area contributed by atoms with Crippen LogP contribution in [0.15, 0.2) is 48.5 Å². The van der Waals surface area contributed by atoms with E-state index in [9.17, 15) is 14.0 Å². The molecule has 130 valence electrons. The van der Waals surface area contributed by atoms with Gasteiger partial charge in [-0.05, 0) is 62.2 Å². The minimum atomic E-state index is -0.504. The van der Waals surface area contributed by atoms with Crippen LogP contribution in [0.1, 0.15) is 19.8 Å². The zero-order valence-corrected chi connectivity index (χ0v) is 13.9. The SMILES string of the molecule is C[C@H](Nc1ccc(NC(=O)C2CC2)cc1)C(=O)Nc1cccc(F)c1. The monoisotopic (exact) mass is 341 g/mol. The minimum absolute atomic E-state index is 0.0588. The second kappa shape index (κ2) is 7.34. The molecule has 0 heterocycles. The van der Waals surface area contributed by atoms with Gasteiger partial charge in [0, 0.05) is 23.0 Å². The molecule has 3 rings (SSSR count). The highest BCUT2D eigenvalue weighted by Crippen LogP contribution is 2.30. The molecule has 1 aliphatic carbocycles. The summed E-state index contributed by atoms with van der Waals surface area (Å²) in [5, 5.41) is 8.60. The van der Waals surface area contributed by atoms with Gasteiger partial charge < -0.3 is 16.0 Å². The number of hydrogen-bond acceptors (Lipinski definition) is 3. The van der Waals surface area contributed by atoms with Crippen molar-refractivity contribution in [1.29, 1.82) is 0 Å². The molecule has 2 aromatic carbocycles. The van der Waals surface area contributed by atoms with E-state index in [1.54, 1.807) is 37.3 Å². The molecule has 6 heteroatoms. The number of amides is 2. The quantitative estimate of drug-likeness (QED) is 0.752. The average molecular weight is 341 g/mol. The van der Waals surface area contributed by atoms with Gasteiger partial charge in [-0.25, -0.2) is 4.39 Å². The van der Waals surface area contributed by atoms with Gasteiger partial charge >= 0.3 is 0 Å². The van der Waals surface area contributed by atoms with Crippen LogP contribution in [0.4, 0.5) is 21.5 Å². The second-order valence-corrected chi connectivity index (χ2v) is 6.21. The summed E-state index contributed by atoms with van der Waals surface area (Å²) < 4.78 is 13.2. The molecule has 0 aromatic heterocycles. The maximum atomic E-state index is 13.2. The van der Waals surface area contributed by atoms with E-state index in [1.807, 2.05) is 0 Å². The van der Waals surface area contributed by atoms with E-state index in [1.165, 1.54) is 18.2 Å². The number of carbonyl (C=O) groups is 2. The van der Waals surface area contributed by atoms with E-state index in [0.717, 1.165) is 24.2 Å². The Kier molecular flexibility index (Phi) is 4.97. The van der Waals surface area contributed by atoms with Gasteiger partial charge in [0.2, 0.25) is 11.8 Å². The van der Waals surface area contributed by atoms with Crippen LogP contribution in [0.25, 0.3) is 0 Å². The zero-order valence-electron chi connectivity index (χ0n) is 13.9. The first-order chi connectivity index (χ1) is 12.0. The summed E-state index contributed by atoms with van der Waals surface area (Å²) in [5.74, 6) is -0.452. The Bertz CT molecular complexity index is 772. The Hall–Kier alpha value is -2.89. The lowest BCUT2D eigenvalue weighted by Gasteiger charge is -2.16. The fourth-order valence-corrected chi connectivity index (χ4v) is 2.37. The molecule has 0 aliphatic heterocycles. The van der Waals surface area contributed by atoms with Crippen LogP contribution in [0.2, 0.25) is 0 Å². The lowest BCUT2D eigenvalue weighted by Crippen LogP contribution is -2.31. The van der Waals surface area contributed by atoms with Crippen LogP contribution < -0.4 is 16.0 Å². The number of hydrogen-bond donors (Lipinski definition) is 3. The molecule has 0 radical (unpaired) electrons. The van der Waals surface area contributed by atoms with Crippen molar-refractivity contribution in [2.45, 2.75) is 25.8 Å². The van der Waals surface area contributed by atoms with Gasteiger partial charge in [-0.15, -0.1) is 0 Å². The molecule has 1 fully saturated rings. The fourth-order valence-electron chi connectivity index (χ4n) is 2.37. The largest absolute Gasteiger partial charge is 0.374 e. The maximum absolute atomic E-state index is 13.2. The summed E-state index contributed by atoms with van der Waals surface area (Å²) in [6.45, 7) is 1.72. The Morgan fingerprint density at radius 1 is 1.00 bits per heavy atom. The predicted octanol–water partition coefficient (Wildman–Crippen LogP) is 3.61. The molecule has 3 N–H and O–H groups in total. The van der Waals surface area contributed by atoms with Crippen molar-refractivity contribution in [3.63, 3.8) is 0 Å². The van der Waals surface area contributed by atoms with Crippen molar-refractivity contribution in [3.05, 3.63) is 54.3 Å². The van der Waals surface area contributed by atoms with Gasteiger partial charge in [-0.3, -0.25) is 9.59 Å². The fraction of sp³-hybridized carbons (Fsp3) is 0.263. The van der Waals surface area contributed by atoms with Crippen molar-refractivity contribution in [3.8, 4) is 0 Å². The van der Waals surface area contributed by atoms with E-state index >= 15 is 0 Å². The molecular formula is C19H20FN3O2. The first-order valence-electron chi connectivity index (χ1n) is 8.25. The summed E-state index contributed by atoms with van der Waals surface area (Å²) in [7, 11) is 0. The lowest BCUT2D eigenvalue weighted by atomic mass is 10.2. The number of nitrogens with one attached hydrogen (secondary N) is 3. The van der Waals surface area contributed by atoms with Crippen LogP contribution in [0.5, 0.6) is 0 Å². The Morgan fingerprint density at radius 3 is 2.32 bits per heavy atom. The smallest absolute Gasteiger partial charge is 0.246 e. The molecular weight excluding hydrogens is 321 g/mol. The maximum Gasteiger partial charge on any atom is 0.246 e. The van der Waals surface area contributed by atoms with Gasteiger partial charge in [-0.2, -0.15) is 0 Å². The second-order valence-electron chi connectivity index (χ2n) is 6.21. The van der Waals surface area contributed by atoms with Crippen molar-refractivity contribution in [2.24, 2.45) is 5.92 Å². The molecule has 0 spiro atoms. The lowest BCUT2D eigenvalue weighted by molar-refractivity contribution is -0.117. The summed E-state index contributed by atoms with van der Waals surface area (Å²) in [6, 6.07) is 12.4. The van der Waals surface area contributed by atoms with Crippen LogP contribution >= 0.6 is 0 Å². The van der Waals surface area contributed by atoms with Crippen molar-refractivity contribution in [2.75, 3.05) is 16.0 Å². The Morgan fingerprint density at radius 2 is 1.68 bits per heavy atom. The van der Waals surface area contributed by atoms with Crippen LogP contribution in [-0.4, -0.2) is 17.9 Å². The first-order valence-corrected chi connectivity index (χ1v) is 8.25. The summed E-state index contributed by atoms with van der Waals surface area (Å²) in [6.07, 6.45) is 1.92. The third kappa shape index (κ3) is 4.79. The third-order valence-corrected chi connectivity index (χ3v) is 3.97. The zero-order chi connectivity index (χ0) is 17.8. The highest BCUT2D eigenvalue weighted by Gasteiger charge is 2.29. The summed E-state index contributed by atoms with van der Waals surface area (Å²) in [5.41, 5.74) is 1.91. The highest BCUT2D eigenvalue weighted by atomic mass is 19.1. The number of benzene rings is 2. The molecule has 0 saturated heterocycles. The molecule has 2 amide bonds. The molecule has 2 aromatic rings. The highest BCUT2D eigenvalue weighted by molar-refractivity contribution is 5.96. The molecule has 1 aliphatic rings. The van der Waals surface area contributed by atoms with Crippen molar-refractivity contribution in [1.82, 2.24) is 0 Å². The van der Waals surface area contributed by atoms with Gasteiger partial charge in [0.15, 0.2) is 0 Å². The molecule has 0 unspecified atom stereocenters. The minimum Gasteiger partial charge on any atom is -0.374 e. The Labute approximate surface area is 145 Å². The molecule has 0 bridgehead atoms. The van der Waals surface area contributed by atoms with E-state index in [2.05, 4.69) is 16.0 Å². The molecule has 5 nitrogen and oxygen atoms in total. The predicted molar refractivity (Wildman–Crippen MR) is 95.9 cm³/mol. The average Bonchev–Trinajstić information content (AvgIpc) is 3.41. The van der Waals surface area contributed by atoms with Crippen molar-refractivity contribution < 1.29 is 14.0 Å². The van der Waals surface area contributed by atoms with E-state index < -0.39 is 11.9 Å². The van der Waals surface area contributed by atoms with Gasteiger partial charge in [0.25, 0.3) is 0 Å². The van der Waals surface area contributed by atoms with Crippen LogP contribution in [0.3, 0.4) is 0 Å². The van der Waals surface area contributed by atoms with E-state index in [0.29, 0.717) is 5.69 Å². The van der Waals surface area contributed by atoms with Crippen molar-refractivity contribution >= 4 is 28.9 Å². The topological polar surface area (TPSA) is 70.2 Å². The standard InChI is InChI=1S/C19H20FN3O2/c1-12(18(24)23-17-4-2-3-14(20)11-17)21-15-7-9-16(10-8-15)22-19(25)13-5-6-13/h2-4,7-13,21H,5-6H2,1H3,(H,22,25)(H,23,24)/t12-/m0/s1. The van der Waals surface area contributed by atoms with Gasteiger partial charge in [0.1, 0.15) is 11.9 Å². The third-order valence-electron chi connectivity index (χ3n) is 3.97. The molecule has 25 heavy (non-hydrogen) atoms. The summed E-state index contributed by atoms with van der Waals surface area (Å²) >= 11 is 0. The van der Waals surface area contributed by atoms with Gasteiger partial charge in [-0.1, -0.05) is 6.07 Å². The molecule has 1 saturated carbocycles. The van der Waals surface area contributed by atoms with E-state index in [4.69, 9.17) is 0 Å². The number of anilines is 3. The number of rotatable bonds is 6. The Balaban J connectivity index is 1.53. The number of halogens is 1. The van der Waals surface area contributed by atoms with Gasteiger partial charge in [0.05, 0.1) is 0 Å². The van der Waals surface area contributed by atoms with E-state index in [-0.39, 0.29) is 17.7 Å².